The number of phenolic OH excluding ortho intramolecular Hbond substituents is 1. The fourth-order valence-electron chi connectivity index (χ4n) is 11.7. The van der Waals surface area contributed by atoms with Crippen LogP contribution >= 0.6 is 34.9 Å². The van der Waals surface area contributed by atoms with Crippen LogP contribution in [0.1, 0.15) is 147 Å². The van der Waals surface area contributed by atoms with Gasteiger partial charge < -0.3 is 66.9 Å². The van der Waals surface area contributed by atoms with E-state index in [0.29, 0.717) is 48.8 Å². The predicted octanol–water partition coefficient (Wildman–Crippen LogP) is 9.26. The van der Waals surface area contributed by atoms with Crippen LogP contribution in [0.3, 0.4) is 0 Å². The maximum Gasteiger partial charge on any atom is 0.399 e. The Labute approximate surface area is 605 Å². The van der Waals surface area contributed by atoms with Crippen LogP contribution in [0.25, 0.3) is 10.4 Å². The van der Waals surface area contributed by atoms with Crippen molar-refractivity contribution < 1.29 is 76.4 Å². The van der Waals surface area contributed by atoms with Crippen molar-refractivity contribution in [3.05, 3.63) is 170 Å². The van der Waals surface area contributed by atoms with Gasteiger partial charge >= 0.3 is 13.3 Å². The van der Waals surface area contributed by atoms with E-state index in [2.05, 4.69) is 58.1 Å². The van der Waals surface area contributed by atoms with Gasteiger partial charge in [-0.2, -0.15) is 8.78 Å². The van der Waals surface area contributed by atoms with Gasteiger partial charge in [0.2, 0.25) is 41.4 Å². The molecule has 0 unspecified atom stereocenters. The van der Waals surface area contributed by atoms with Gasteiger partial charge in [0.05, 0.1) is 35.7 Å². The molecular weight excluding hydrogens is 1420 g/mol. The van der Waals surface area contributed by atoms with Gasteiger partial charge in [-0.05, 0) is 109 Å². The van der Waals surface area contributed by atoms with Crippen molar-refractivity contribution in [1.82, 2.24) is 47.1 Å². The summed E-state index contributed by atoms with van der Waals surface area (Å²) in [6.07, 6.45) is 4.30. The van der Waals surface area contributed by atoms with Crippen molar-refractivity contribution >= 4 is 82.1 Å². The van der Waals surface area contributed by atoms with Crippen LogP contribution in [0.2, 0.25) is 0 Å². The third-order valence-electron chi connectivity index (χ3n) is 17.6. The van der Waals surface area contributed by atoms with E-state index in [-0.39, 0.29) is 93.6 Å². The molecule has 6 atom stereocenters. The van der Waals surface area contributed by atoms with E-state index < -0.39 is 96.0 Å². The molecule has 28 heteroatoms. The van der Waals surface area contributed by atoms with E-state index in [1.165, 1.54) is 30.2 Å². The van der Waals surface area contributed by atoms with Crippen molar-refractivity contribution in [3.8, 4) is 21.9 Å². The molecule has 0 aliphatic carbocycles. The van der Waals surface area contributed by atoms with Crippen molar-refractivity contribution in [2.75, 3.05) is 26.7 Å². The molecular formula is C74H93BrF2N9O14PS. The van der Waals surface area contributed by atoms with Gasteiger partial charge in [-0.15, -0.1) is 11.3 Å². The molecule has 0 saturated carbocycles. The Balaban J connectivity index is 0.945. The number of nitrogens with zero attached hydrogens (tertiary/aromatic N) is 2. The van der Waals surface area contributed by atoms with Gasteiger partial charge in [-0.3, -0.25) is 42.9 Å². The maximum absolute atomic E-state index is 14.8. The largest absolute Gasteiger partial charge is 0.504 e. The first kappa shape index (κ1) is 80.8. The number of aliphatic hydroxyl groups excluding tert-OH is 1. The van der Waals surface area contributed by atoms with Gasteiger partial charge in [-0.1, -0.05) is 160 Å². The standard InChI is InChI=1S/C74H93BrF2N9O14PS/c1-46-23-29-53(41-56(46)75)67(91)78-36-18-16-21-57(83-70(94)59(38-49-26-32-54(33-27-49)74(76,77)101(97,98)99)84-69(93)58(37-48-19-13-12-14-20-48)82-64(90)40-51-28-34-61(88)62(39-51)100-6)68(92)79-35-17-11-9-7-8-10-15-22-63(89)85-66(73(3,4)5)72(96)86-44-55(87)42-60(86)71(95)80-43-50-24-30-52(31-25-50)65-47(2)81-45-102-65/h12-14,19-20,23-34,39,41,45,55,57-60,66,87-88H,7-11,15-18,21-22,35-38,40,42-44H2,1-6H3,(H,78,91)(H,79,92)(H,80,95)(H,82,90)(H,83,94)(H,84,93)(H,85,89)(H2,97,98,99)/t55-,57+,58+,59+,60+,66-/m1/s1. The van der Waals surface area contributed by atoms with Gasteiger partial charge in [-0.25, -0.2) is 4.98 Å². The number of halogens is 3. The Bertz CT molecular complexity index is 3900. The third-order valence-corrected chi connectivity index (χ3v) is 20.5. The van der Waals surface area contributed by atoms with Gasteiger partial charge in [0, 0.05) is 67.5 Å². The number of benzene rings is 5. The van der Waals surface area contributed by atoms with E-state index in [1.807, 2.05) is 58.9 Å². The van der Waals surface area contributed by atoms with E-state index in [0.717, 1.165) is 81.7 Å². The number of aliphatic hydroxyl groups is 1. The number of alkyl halides is 2. The molecule has 1 fully saturated rings. The minimum atomic E-state index is -5.96. The zero-order valence-corrected chi connectivity index (χ0v) is 61.5. The Morgan fingerprint density at radius 2 is 1.28 bits per heavy atom. The first-order valence-corrected chi connectivity index (χ1v) is 37.4. The molecule has 0 bridgehead atoms. The second-order valence-electron chi connectivity index (χ2n) is 26.8. The van der Waals surface area contributed by atoms with Gasteiger partial charge in [0.25, 0.3) is 5.91 Å². The molecule has 1 aliphatic rings. The monoisotopic (exact) mass is 1510 g/mol. The lowest BCUT2D eigenvalue weighted by Crippen LogP contribution is -2.57. The summed E-state index contributed by atoms with van der Waals surface area (Å²) >= 11 is 5.00. The van der Waals surface area contributed by atoms with Crippen molar-refractivity contribution in [3.63, 3.8) is 0 Å². The predicted molar refractivity (Wildman–Crippen MR) is 387 cm³/mol. The lowest BCUT2D eigenvalue weighted by atomic mass is 9.85. The van der Waals surface area contributed by atoms with Crippen molar-refractivity contribution in [2.24, 2.45) is 5.41 Å². The quantitative estimate of drug-likeness (QED) is 0.0128. The number of β-amino-alcohol motifs (C(OH)–C–C–N with tert-alkyl or cyclic N) is 1. The normalized spacial score (nSPS) is 15.1. The van der Waals surface area contributed by atoms with Crippen LogP contribution in [0.4, 0.5) is 8.78 Å². The summed E-state index contributed by atoms with van der Waals surface area (Å²) in [6.45, 7) is 9.92. The van der Waals surface area contributed by atoms with Crippen LogP contribution in [0, 0.1) is 19.3 Å². The van der Waals surface area contributed by atoms with Crippen LogP contribution in [0.5, 0.6) is 11.5 Å². The van der Waals surface area contributed by atoms with Gasteiger partial charge in [0.15, 0.2) is 11.5 Å². The number of amides is 8. The number of aryl methyl sites for hydroxylation is 2. The summed E-state index contributed by atoms with van der Waals surface area (Å²) in [5.41, 5.74) is 0.929. The number of carbonyl (C=O) groups excluding carboxylic acids is 8. The number of phenols is 1. The van der Waals surface area contributed by atoms with E-state index in [1.54, 1.807) is 65.4 Å². The highest BCUT2D eigenvalue weighted by atomic mass is 79.9. The van der Waals surface area contributed by atoms with Crippen LogP contribution < -0.4 is 42.0 Å². The number of thiazole rings is 1. The first-order valence-electron chi connectivity index (χ1n) is 34.1. The number of unbranched alkanes of at least 4 members (excludes halogenated alkanes) is 7. The molecule has 5 aromatic carbocycles. The van der Waals surface area contributed by atoms with Crippen LogP contribution in [-0.2, 0) is 69.6 Å². The van der Waals surface area contributed by atoms with E-state index in [9.17, 15) is 71.7 Å². The molecule has 0 spiro atoms. The number of hydrogen-bond acceptors (Lipinski definition) is 14. The fourth-order valence-corrected chi connectivity index (χ4v) is 13.4. The lowest BCUT2D eigenvalue weighted by molar-refractivity contribution is -0.144. The minimum absolute atomic E-state index is 0.0509. The molecule has 2 heterocycles. The molecule has 8 amide bonds. The minimum Gasteiger partial charge on any atom is -0.504 e. The number of likely N-dealkylation sites (tertiary alicyclic amines) is 1. The smallest absolute Gasteiger partial charge is 0.399 e. The zero-order valence-electron chi connectivity index (χ0n) is 58.2. The molecule has 0 radical (unpaired) electrons. The lowest BCUT2D eigenvalue weighted by Gasteiger charge is -2.35. The molecule has 7 rings (SSSR count). The van der Waals surface area contributed by atoms with Crippen molar-refractivity contribution in [1.29, 1.82) is 0 Å². The molecule has 102 heavy (non-hydrogen) atoms. The maximum atomic E-state index is 14.8. The third kappa shape index (κ3) is 24.1. The summed E-state index contributed by atoms with van der Waals surface area (Å²) in [5.74, 6) is -4.41. The highest BCUT2D eigenvalue weighted by Crippen LogP contribution is 2.59. The highest BCUT2D eigenvalue weighted by Gasteiger charge is 2.50. The number of hydrogen-bond donors (Lipinski definition) is 11. The van der Waals surface area contributed by atoms with Crippen LogP contribution in [0.15, 0.2) is 125 Å². The van der Waals surface area contributed by atoms with Crippen LogP contribution in [-0.4, -0.2) is 140 Å². The van der Waals surface area contributed by atoms with E-state index >= 15 is 0 Å². The highest BCUT2D eigenvalue weighted by molar-refractivity contribution is 9.10. The number of methoxy groups -OCH3 is 1. The Hall–Kier alpha value is -8.46. The van der Waals surface area contributed by atoms with Gasteiger partial charge in [0.1, 0.15) is 30.2 Å². The molecule has 1 aromatic heterocycles. The second kappa shape index (κ2) is 38.2. The summed E-state index contributed by atoms with van der Waals surface area (Å²) in [5, 5.41) is 40.8. The first-order chi connectivity index (χ1) is 48.4. The number of rotatable bonds is 37. The summed E-state index contributed by atoms with van der Waals surface area (Å²) < 4.78 is 47.4. The average Bonchev–Trinajstić information content (AvgIpc) is 1.21. The summed E-state index contributed by atoms with van der Waals surface area (Å²) in [7, 11) is -4.61. The number of aromatic hydroxyl groups is 1. The summed E-state index contributed by atoms with van der Waals surface area (Å²) in [4.78, 5) is 137. The number of nitrogens with one attached hydrogen (secondary N) is 7. The Kier molecular flexibility index (Phi) is 30.3. The average molecular weight is 1510 g/mol. The number of aromatic nitrogens is 1. The Morgan fingerprint density at radius 1 is 0.686 bits per heavy atom. The molecule has 1 saturated heterocycles. The summed E-state index contributed by atoms with van der Waals surface area (Å²) in [6, 6.07) is 23.8. The Morgan fingerprint density at radius 3 is 1.91 bits per heavy atom. The van der Waals surface area contributed by atoms with E-state index in [4.69, 9.17) is 4.74 Å². The molecule has 6 aromatic rings. The molecule has 1 aliphatic heterocycles. The zero-order chi connectivity index (χ0) is 74.3. The van der Waals surface area contributed by atoms with Crippen molar-refractivity contribution in [2.45, 2.75) is 179 Å². The molecule has 23 nitrogen and oxygen atoms in total. The fraction of sp³-hybridized carbons (Fsp3) is 0.446. The second-order valence-corrected chi connectivity index (χ2v) is 30.1. The topological polar surface area (TPSA) is 344 Å². The molecule has 11 N–H and O–H groups in total. The number of carbonyl (C=O) groups is 8. The molecule has 550 valence electrons. The SMILES string of the molecule is COc1cc(CC(=O)N[C@@H](Cc2ccccc2)C(=O)N[C@@H](Cc2ccc(C(F)(F)P(=O)(O)O)cc2)C(=O)N[C@@H](CCCCNC(=O)c2ccc(C)c(Br)c2)C(=O)NCCCCCCCCCC(=O)N[C@H](C(=O)N2C[C@H](O)C[C@H]2C(=O)NCc2ccc(-c3scnc3C)cc2)C(C)(C)C)ccc1O. The number of ether oxygens (including phenoxy) is 1.